The van der Waals surface area contributed by atoms with Gasteiger partial charge in [-0.05, 0) is 93.3 Å². The van der Waals surface area contributed by atoms with Crippen LogP contribution < -0.4 is 15.0 Å². The third kappa shape index (κ3) is 6.41. The zero-order valence-electron chi connectivity index (χ0n) is 22.8. The third-order valence-electron chi connectivity index (χ3n) is 7.19. The van der Waals surface area contributed by atoms with E-state index in [1.54, 1.807) is 7.11 Å². The number of methoxy groups -OCH3 is 1. The fourth-order valence-corrected chi connectivity index (χ4v) is 5.40. The molecule has 0 spiro atoms. The normalized spacial score (nSPS) is 16.1. The highest BCUT2D eigenvalue weighted by Gasteiger charge is 2.46. The molecule has 3 aromatic carbocycles. The number of rotatable bonds is 7. The summed E-state index contributed by atoms with van der Waals surface area (Å²) in [7, 11) is 1.64. The average molecular weight is 537 g/mol. The van der Waals surface area contributed by atoms with Crippen molar-refractivity contribution in [3.05, 3.63) is 71.2 Å². The molecule has 38 heavy (non-hydrogen) atoms. The number of anilines is 1. The number of benzene rings is 3. The van der Waals surface area contributed by atoms with Crippen LogP contribution in [0.25, 0.3) is 10.8 Å². The van der Waals surface area contributed by atoms with E-state index in [1.807, 2.05) is 88.4 Å². The van der Waals surface area contributed by atoms with Crippen molar-refractivity contribution in [3.8, 4) is 5.75 Å². The Labute approximate surface area is 230 Å². The van der Waals surface area contributed by atoms with E-state index < -0.39 is 11.0 Å². The summed E-state index contributed by atoms with van der Waals surface area (Å²) in [5, 5.41) is 5.81. The smallest absolute Gasteiger partial charge is 0.313 e. The monoisotopic (exact) mass is 536 g/mol. The van der Waals surface area contributed by atoms with E-state index in [2.05, 4.69) is 10.2 Å². The van der Waals surface area contributed by atoms with Crippen LogP contribution in [0.4, 0.5) is 5.69 Å². The number of nitrogens with one attached hydrogen (secondary N) is 1. The summed E-state index contributed by atoms with van der Waals surface area (Å²) in [4.78, 5) is 29.2. The SMILES string of the molecule is COc1ccc(N2CCC(CC(=O)NC(C)c3cc(Cl)cc4ccccc34)(C(=O)OC(C)(C)C)CC2)cc1. The van der Waals surface area contributed by atoms with Gasteiger partial charge in [-0.25, -0.2) is 0 Å². The molecule has 0 bridgehead atoms. The third-order valence-corrected chi connectivity index (χ3v) is 7.41. The summed E-state index contributed by atoms with van der Waals surface area (Å²) >= 11 is 6.38. The first-order valence-electron chi connectivity index (χ1n) is 13.1. The lowest BCUT2D eigenvalue weighted by atomic mass is 9.75. The summed E-state index contributed by atoms with van der Waals surface area (Å²) in [6, 6.07) is 19.4. The van der Waals surface area contributed by atoms with Crippen molar-refractivity contribution in [2.75, 3.05) is 25.1 Å². The minimum Gasteiger partial charge on any atom is -0.497 e. The molecule has 0 radical (unpaired) electrons. The molecule has 1 N–H and O–H groups in total. The Hall–Kier alpha value is -3.25. The first-order chi connectivity index (χ1) is 18.0. The maximum absolute atomic E-state index is 13.5. The highest BCUT2D eigenvalue weighted by molar-refractivity contribution is 6.31. The quantitative estimate of drug-likeness (QED) is 0.340. The Balaban J connectivity index is 1.51. The Bertz CT molecular complexity index is 1290. The van der Waals surface area contributed by atoms with Crippen LogP contribution in [0.5, 0.6) is 5.75 Å². The summed E-state index contributed by atoms with van der Waals surface area (Å²) in [6.45, 7) is 8.82. The second-order valence-electron chi connectivity index (χ2n) is 11.1. The summed E-state index contributed by atoms with van der Waals surface area (Å²) in [5.74, 6) is 0.313. The lowest BCUT2D eigenvalue weighted by Gasteiger charge is -2.42. The molecule has 1 heterocycles. The molecule has 0 aromatic heterocycles. The molecule has 7 heteroatoms. The van der Waals surface area contributed by atoms with E-state index >= 15 is 0 Å². The van der Waals surface area contributed by atoms with Gasteiger partial charge < -0.3 is 19.7 Å². The molecule has 1 atom stereocenters. The van der Waals surface area contributed by atoms with Gasteiger partial charge in [-0.1, -0.05) is 35.9 Å². The maximum Gasteiger partial charge on any atom is 0.313 e. The lowest BCUT2D eigenvalue weighted by Crippen LogP contribution is -2.49. The van der Waals surface area contributed by atoms with Gasteiger partial charge >= 0.3 is 5.97 Å². The van der Waals surface area contributed by atoms with Gasteiger partial charge in [0.1, 0.15) is 11.4 Å². The lowest BCUT2D eigenvalue weighted by molar-refractivity contribution is -0.171. The molecule has 1 fully saturated rings. The van der Waals surface area contributed by atoms with Crippen molar-refractivity contribution in [3.63, 3.8) is 0 Å². The van der Waals surface area contributed by atoms with Crippen LogP contribution in [-0.2, 0) is 14.3 Å². The molecule has 1 amide bonds. The number of piperidine rings is 1. The van der Waals surface area contributed by atoms with Gasteiger partial charge in [-0.3, -0.25) is 9.59 Å². The number of halogens is 1. The fraction of sp³-hybridized carbons (Fsp3) is 0.419. The molecule has 1 saturated heterocycles. The molecule has 0 saturated carbocycles. The standard InChI is InChI=1S/C31H37ClN2O4/c1-21(27-19-23(32)18-22-8-6-7-9-26(22)27)33-28(35)20-31(29(36)38-30(2,3)4)14-16-34(17-15-31)24-10-12-25(37-5)13-11-24/h6-13,18-19,21H,14-17,20H2,1-5H3,(H,33,35). The fourth-order valence-electron chi connectivity index (χ4n) is 5.16. The van der Waals surface area contributed by atoms with E-state index in [1.165, 1.54) is 0 Å². The van der Waals surface area contributed by atoms with Crippen LogP contribution in [0.2, 0.25) is 5.02 Å². The van der Waals surface area contributed by atoms with Gasteiger partial charge in [0.25, 0.3) is 0 Å². The van der Waals surface area contributed by atoms with Crippen LogP contribution in [0, 0.1) is 5.41 Å². The highest BCUT2D eigenvalue weighted by atomic mass is 35.5. The first-order valence-corrected chi connectivity index (χ1v) is 13.5. The number of hydrogen-bond acceptors (Lipinski definition) is 5. The van der Waals surface area contributed by atoms with Crippen molar-refractivity contribution in [2.24, 2.45) is 5.41 Å². The topological polar surface area (TPSA) is 67.9 Å². The summed E-state index contributed by atoms with van der Waals surface area (Å²) < 4.78 is 11.1. The second-order valence-corrected chi connectivity index (χ2v) is 11.6. The van der Waals surface area contributed by atoms with E-state index in [0.717, 1.165) is 27.8 Å². The first kappa shape index (κ1) is 27.8. The number of carbonyl (C=O) groups is 2. The van der Waals surface area contributed by atoms with Gasteiger partial charge in [0.05, 0.1) is 18.6 Å². The van der Waals surface area contributed by atoms with Crippen LogP contribution in [0.15, 0.2) is 60.7 Å². The van der Waals surface area contributed by atoms with Gasteiger partial charge in [-0.15, -0.1) is 0 Å². The minimum atomic E-state index is -0.892. The van der Waals surface area contributed by atoms with Crippen LogP contribution in [0.1, 0.15) is 58.6 Å². The maximum atomic E-state index is 13.5. The number of esters is 1. The Kier molecular flexibility index (Phi) is 8.22. The predicted octanol–water partition coefficient (Wildman–Crippen LogP) is 6.70. The summed E-state index contributed by atoms with van der Waals surface area (Å²) in [6.07, 6.45) is 1.12. The van der Waals surface area contributed by atoms with Crippen molar-refractivity contribution >= 4 is 39.9 Å². The zero-order valence-corrected chi connectivity index (χ0v) is 23.6. The van der Waals surface area contributed by atoms with Crippen LogP contribution in [0.3, 0.4) is 0 Å². The number of hydrogen-bond donors (Lipinski definition) is 1. The number of ether oxygens (including phenoxy) is 2. The van der Waals surface area contributed by atoms with E-state index in [-0.39, 0.29) is 24.3 Å². The number of carbonyl (C=O) groups excluding carboxylic acids is 2. The Morgan fingerprint density at radius 2 is 1.71 bits per heavy atom. The highest BCUT2D eigenvalue weighted by Crippen LogP contribution is 2.40. The molecule has 6 nitrogen and oxygen atoms in total. The molecular weight excluding hydrogens is 500 g/mol. The second kappa shape index (κ2) is 11.2. The average Bonchev–Trinajstić information content (AvgIpc) is 2.87. The van der Waals surface area contributed by atoms with E-state index in [9.17, 15) is 9.59 Å². The number of nitrogens with zero attached hydrogens (tertiary/aromatic N) is 1. The number of amides is 1. The molecule has 3 aromatic rings. The molecule has 0 aliphatic carbocycles. The van der Waals surface area contributed by atoms with Crippen molar-refractivity contribution in [2.45, 2.75) is 58.6 Å². The molecule has 1 unspecified atom stereocenters. The van der Waals surface area contributed by atoms with Gasteiger partial charge in [-0.2, -0.15) is 0 Å². The van der Waals surface area contributed by atoms with Crippen molar-refractivity contribution in [1.82, 2.24) is 5.32 Å². The molecule has 4 rings (SSSR count). The minimum absolute atomic E-state index is 0.0706. The number of fused-ring (bicyclic) bond motifs is 1. The predicted molar refractivity (Wildman–Crippen MR) is 153 cm³/mol. The van der Waals surface area contributed by atoms with Gasteiger partial charge in [0, 0.05) is 30.2 Å². The van der Waals surface area contributed by atoms with Crippen LogP contribution in [-0.4, -0.2) is 37.7 Å². The molecule has 1 aliphatic rings. The Morgan fingerprint density at radius 3 is 2.34 bits per heavy atom. The molecule has 202 valence electrons. The van der Waals surface area contributed by atoms with Crippen molar-refractivity contribution in [1.29, 1.82) is 0 Å². The molecule has 1 aliphatic heterocycles. The Morgan fingerprint density at radius 1 is 1.05 bits per heavy atom. The van der Waals surface area contributed by atoms with E-state index in [4.69, 9.17) is 21.1 Å². The molecular formula is C31H37ClN2O4. The van der Waals surface area contributed by atoms with E-state index in [0.29, 0.717) is 31.0 Å². The largest absolute Gasteiger partial charge is 0.497 e. The van der Waals surface area contributed by atoms with Gasteiger partial charge in [0.15, 0.2) is 0 Å². The summed E-state index contributed by atoms with van der Waals surface area (Å²) in [5.41, 5.74) is 0.480. The van der Waals surface area contributed by atoms with Crippen LogP contribution >= 0.6 is 11.6 Å². The zero-order chi connectivity index (χ0) is 27.5. The van der Waals surface area contributed by atoms with Crippen molar-refractivity contribution < 1.29 is 19.1 Å². The van der Waals surface area contributed by atoms with Gasteiger partial charge in [0.2, 0.25) is 5.91 Å².